The van der Waals surface area contributed by atoms with Crippen molar-refractivity contribution in [2.45, 2.75) is 19.3 Å². The van der Waals surface area contributed by atoms with Crippen LogP contribution >= 0.6 is 83.1 Å². The van der Waals surface area contributed by atoms with Crippen molar-refractivity contribution in [3.8, 4) is 0 Å². The minimum atomic E-state index is -0.408. The van der Waals surface area contributed by atoms with E-state index in [1.54, 1.807) is 35.3 Å². The zero-order valence-electron chi connectivity index (χ0n) is 33.3. The van der Waals surface area contributed by atoms with Crippen molar-refractivity contribution >= 4 is 151 Å². The van der Waals surface area contributed by atoms with Crippen molar-refractivity contribution in [1.82, 2.24) is 30.9 Å². The van der Waals surface area contributed by atoms with Crippen molar-refractivity contribution in [2.75, 3.05) is 48.2 Å². The molecule has 0 atom stereocenters. The summed E-state index contributed by atoms with van der Waals surface area (Å²) in [5.41, 5.74) is 5.71. The summed E-state index contributed by atoms with van der Waals surface area (Å²) in [7, 11) is 0. The number of oxime groups is 3. The van der Waals surface area contributed by atoms with E-state index < -0.39 is 11.8 Å². The Labute approximate surface area is 394 Å². The normalized spacial score (nSPS) is 12.1. The highest BCUT2D eigenvalue weighted by atomic mass is 79.9. The Bertz CT molecular complexity index is 2460. The molecule has 0 aliphatic carbocycles. The second-order valence-corrected chi connectivity index (χ2v) is 19.7. The van der Waals surface area contributed by atoms with Gasteiger partial charge in [0.15, 0.2) is 0 Å². The third kappa shape index (κ3) is 14.0. The van der Waals surface area contributed by atoms with Gasteiger partial charge in [0.25, 0.3) is 17.7 Å². The Morgan fingerprint density at radius 2 is 0.871 bits per heavy atom. The smallest absolute Gasteiger partial charge is 0.269 e. The highest BCUT2D eigenvalue weighted by Crippen LogP contribution is 2.26. The van der Waals surface area contributed by atoms with Crippen LogP contribution in [0.1, 0.15) is 16.7 Å². The Hall–Kier alpha value is -4.41. The van der Waals surface area contributed by atoms with Crippen molar-refractivity contribution in [3.05, 3.63) is 103 Å². The number of nitrogens with zero attached hydrogens (tertiary/aromatic N) is 3. The third-order valence-electron chi connectivity index (χ3n) is 9.23. The first-order valence-electron chi connectivity index (χ1n) is 18.9. The molecule has 0 fully saturated rings. The van der Waals surface area contributed by atoms with Crippen LogP contribution in [-0.4, -0.2) is 114 Å². The molecule has 328 valence electrons. The van der Waals surface area contributed by atoms with Gasteiger partial charge in [-0.05, 0) is 77.5 Å². The number of aromatic nitrogens is 3. The van der Waals surface area contributed by atoms with E-state index in [9.17, 15) is 24.8 Å². The maximum absolute atomic E-state index is 12.5. The van der Waals surface area contributed by atoms with Crippen LogP contribution in [0.15, 0.2) is 102 Å². The highest BCUT2D eigenvalue weighted by molar-refractivity contribution is 9.11. The number of carbonyl (C=O) groups excluding carboxylic acids is 3. The van der Waals surface area contributed by atoms with Crippen molar-refractivity contribution in [2.24, 2.45) is 15.5 Å². The van der Waals surface area contributed by atoms with Crippen LogP contribution in [0.25, 0.3) is 32.7 Å². The van der Waals surface area contributed by atoms with Crippen molar-refractivity contribution < 1.29 is 30.0 Å². The average Bonchev–Trinajstić information content (AvgIpc) is 3.99. The number of fused-ring (bicyclic) bond motifs is 3. The van der Waals surface area contributed by atoms with E-state index in [-0.39, 0.29) is 42.3 Å². The molecule has 3 aromatic heterocycles. The molecule has 62 heavy (non-hydrogen) atoms. The zero-order valence-corrected chi connectivity index (χ0v) is 40.5. The maximum Gasteiger partial charge on any atom is 0.269 e. The number of rotatable bonds is 20. The van der Waals surface area contributed by atoms with Gasteiger partial charge in [-0.2, -0.15) is 11.8 Å². The maximum atomic E-state index is 12.5. The molecule has 0 saturated heterocycles. The molecule has 0 aliphatic heterocycles. The number of H-pyrrole nitrogens is 3. The van der Waals surface area contributed by atoms with E-state index in [4.69, 9.17) is 5.21 Å². The summed E-state index contributed by atoms with van der Waals surface area (Å²) in [4.78, 5) is 46.4. The summed E-state index contributed by atoms with van der Waals surface area (Å²) >= 11 is 15.3. The molecule has 0 bridgehead atoms. The van der Waals surface area contributed by atoms with Gasteiger partial charge in [0, 0.05) is 126 Å². The number of amides is 3. The number of carbonyl (C=O) groups is 3. The van der Waals surface area contributed by atoms with Crippen LogP contribution in [-0.2, 0) is 33.6 Å². The molecule has 0 spiro atoms. The molecule has 15 nitrogen and oxygen atoms in total. The fourth-order valence-electron chi connectivity index (χ4n) is 6.14. The molecule has 6 aromatic rings. The first-order valence-corrected chi connectivity index (χ1v) is 25.0. The first-order chi connectivity index (χ1) is 30.0. The molecule has 3 heterocycles. The molecule has 0 radical (unpaired) electrons. The minimum Gasteiger partial charge on any atom is -0.410 e. The Balaban J connectivity index is 0.000000290. The molecular formula is C41H44Br3N9O6S3. The van der Waals surface area contributed by atoms with Crippen LogP contribution < -0.4 is 16.0 Å². The number of aromatic amines is 3. The predicted octanol–water partition coefficient (Wildman–Crippen LogP) is 8.06. The zero-order chi connectivity index (χ0) is 44.4. The largest absolute Gasteiger partial charge is 0.410 e. The van der Waals surface area contributed by atoms with E-state index in [0.717, 1.165) is 73.7 Å². The second kappa shape index (κ2) is 25.0. The van der Waals surface area contributed by atoms with Gasteiger partial charge in [0.05, 0.1) is 0 Å². The molecule has 0 unspecified atom stereocenters. The van der Waals surface area contributed by atoms with Crippen LogP contribution in [0, 0.1) is 0 Å². The fraction of sp³-hybridized carbons (Fsp3) is 0.268. The molecule has 3 amide bonds. The van der Waals surface area contributed by atoms with E-state index in [1.165, 1.54) is 0 Å². The van der Waals surface area contributed by atoms with E-state index in [0.29, 0.717) is 31.1 Å². The number of thioether (sulfide) groups is 3. The lowest BCUT2D eigenvalue weighted by atomic mass is 10.1. The third-order valence-corrected chi connectivity index (χ3v) is 13.6. The minimum absolute atomic E-state index is 0.0457. The van der Waals surface area contributed by atoms with Gasteiger partial charge in [0.2, 0.25) is 0 Å². The summed E-state index contributed by atoms with van der Waals surface area (Å²) < 4.78 is 2.81. The number of nitrogens with one attached hydrogen (secondary N) is 6. The van der Waals surface area contributed by atoms with Crippen LogP contribution in [0.4, 0.5) is 0 Å². The summed E-state index contributed by atoms with van der Waals surface area (Å²) in [6, 6.07) is 17.5. The van der Waals surface area contributed by atoms with Crippen LogP contribution in [0.3, 0.4) is 0 Å². The lowest BCUT2D eigenvalue weighted by Crippen LogP contribution is -2.34. The average molecular weight is 1090 g/mol. The van der Waals surface area contributed by atoms with Gasteiger partial charge in [-0.15, -0.1) is 23.5 Å². The van der Waals surface area contributed by atoms with Crippen LogP contribution in [0.5, 0.6) is 0 Å². The molecule has 6 rings (SSSR count). The van der Waals surface area contributed by atoms with E-state index >= 15 is 0 Å². The van der Waals surface area contributed by atoms with E-state index in [2.05, 4.69) is 94.2 Å². The second-order valence-electron chi connectivity index (χ2n) is 13.4. The first kappa shape index (κ1) is 48.6. The Kier molecular flexibility index (Phi) is 19.6. The summed E-state index contributed by atoms with van der Waals surface area (Å²) in [5.74, 6) is 1.04. The summed E-state index contributed by atoms with van der Waals surface area (Å²) in [6.07, 6.45) is 8.11. The predicted molar refractivity (Wildman–Crippen MR) is 264 cm³/mol. The van der Waals surface area contributed by atoms with Gasteiger partial charge in [0.1, 0.15) is 17.1 Å². The summed E-state index contributed by atoms with van der Waals surface area (Å²) in [6.45, 7) is 1.42. The molecule has 3 aromatic carbocycles. The molecular weight excluding hydrogens is 1050 g/mol. The van der Waals surface area contributed by atoms with Crippen LogP contribution in [0.2, 0.25) is 0 Å². The number of hydrogen-bond acceptors (Lipinski definition) is 12. The van der Waals surface area contributed by atoms with Crippen molar-refractivity contribution in [3.63, 3.8) is 0 Å². The lowest BCUT2D eigenvalue weighted by molar-refractivity contribution is -0.115. The van der Waals surface area contributed by atoms with Crippen molar-refractivity contribution in [1.29, 1.82) is 0 Å². The standard InChI is InChI=1S/C27H28Br2N6O4S2.C14H16BrN3O2S/c28-18-1-3-22-20(11-18)16(13-32-22)9-24(34-38)26(36)30-5-7-40-15-41-8-6-31-27(37)25(35-39)10-17-14-33-23-4-2-19(29)12-21(17)23;1-21-5-4-16-14(19)13(18-20)6-9-8-17-12-3-2-10(15)7-11(9)12/h1-4,11-14,32-33,38-39H,5-10,15H2,(H,30,36)(H,31,37);2-3,7-8,17,20H,4-6H2,1H3,(H,16,19)/b34-24+,35-25+;18-13+. The van der Waals surface area contributed by atoms with Gasteiger partial charge in [-0.3, -0.25) is 14.4 Å². The van der Waals surface area contributed by atoms with Gasteiger partial charge in [-0.25, -0.2) is 0 Å². The van der Waals surface area contributed by atoms with E-state index in [1.807, 2.05) is 79.4 Å². The van der Waals surface area contributed by atoms with Gasteiger partial charge >= 0.3 is 0 Å². The molecule has 0 saturated carbocycles. The topological polar surface area (TPSA) is 232 Å². The number of hydrogen-bond donors (Lipinski definition) is 9. The van der Waals surface area contributed by atoms with Gasteiger partial charge in [-0.1, -0.05) is 63.3 Å². The fourth-order valence-corrected chi connectivity index (χ4v) is 9.43. The Morgan fingerprint density at radius 3 is 1.18 bits per heavy atom. The number of benzene rings is 3. The molecule has 0 aliphatic rings. The molecule has 9 N–H and O–H groups in total. The Morgan fingerprint density at radius 1 is 0.548 bits per heavy atom. The highest BCUT2D eigenvalue weighted by Gasteiger charge is 2.18. The monoisotopic (exact) mass is 1090 g/mol. The number of halogens is 3. The summed E-state index contributed by atoms with van der Waals surface area (Å²) in [5, 5.41) is 49.5. The van der Waals surface area contributed by atoms with Gasteiger partial charge < -0.3 is 46.5 Å². The lowest BCUT2D eigenvalue weighted by Gasteiger charge is -2.08. The quantitative estimate of drug-likeness (QED) is 0.0118. The molecule has 21 heteroatoms. The SMILES string of the molecule is CSCCNC(=O)/C(Cc1c[nH]c2ccc(Br)cc12)=N/O.O=C(NCCSCSCCNC(=O)/C(Cc1c[nH]c2ccc(Br)cc12)=N/O)/C(Cc1c[nH]c2ccc(Br)cc12)=N/O.